The van der Waals surface area contributed by atoms with Gasteiger partial charge in [0.15, 0.2) is 0 Å². The Morgan fingerprint density at radius 1 is 0.850 bits per heavy atom. The van der Waals surface area contributed by atoms with Gasteiger partial charge < -0.3 is 4.74 Å². The van der Waals surface area contributed by atoms with Crippen LogP contribution in [0.4, 0.5) is 0 Å². The standard InChI is InChI=1S/C16H11BrN2O/c17-16-15(12-7-3-1-4-8-12)19-14(11-18-16)20-13-9-5-2-6-10-13/h1-11H. The Hall–Kier alpha value is -2.20. The molecule has 0 spiro atoms. The van der Waals surface area contributed by atoms with Crippen LogP contribution >= 0.6 is 15.9 Å². The average Bonchev–Trinajstić information content (AvgIpc) is 2.51. The Morgan fingerprint density at radius 3 is 2.20 bits per heavy atom. The number of benzene rings is 2. The van der Waals surface area contributed by atoms with E-state index in [0.717, 1.165) is 17.0 Å². The molecule has 4 heteroatoms. The molecule has 3 rings (SSSR count). The predicted molar refractivity (Wildman–Crippen MR) is 81.7 cm³/mol. The first-order chi connectivity index (χ1) is 9.83. The molecule has 0 aliphatic rings. The Morgan fingerprint density at radius 2 is 1.50 bits per heavy atom. The Kier molecular flexibility index (Phi) is 3.74. The van der Waals surface area contributed by atoms with E-state index in [0.29, 0.717) is 10.5 Å². The molecule has 0 bridgehead atoms. The van der Waals surface area contributed by atoms with E-state index in [9.17, 15) is 0 Å². The van der Waals surface area contributed by atoms with Crippen LogP contribution in [0.15, 0.2) is 71.5 Å². The summed E-state index contributed by atoms with van der Waals surface area (Å²) in [5.74, 6) is 1.21. The molecule has 2 aromatic carbocycles. The highest BCUT2D eigenvalue weighted by Gasteiger charge is 2.08. The number of ether oxygens (including phenoxy) is 1. The molecule has 3 aromatic rings. The van der Waals surface area contributed by atoms with Crippen LogP contribution in [0.2, 0.25) is 0 Å². The van der Waals surface area contributed by atoms with Crippen molar-refractivity contribution in [1.29, 1.82) is 0 Å². The maximum absolute atomic E-state index is 5.70. The van der Waals surface area contributed by atoms with Gasteiger partial charge in [0, 0.05) is 5.56 Å². The maximum Gasteiger partial charge on any atom is 0.238 e. The van der Waals surface area contributed by atoms with Crippen LogP contribution in [0, 0.1) is 0 Å². The smallest absolute Gasteiger partial charge is 0.238 e. The molecule has 1 heterocycles. The molecule has 0 unspecified atom stereocenters. The normalized spacial score (nSPS) is 10.2. The van der Waals surface area contributed by atoms with E-state index in [1.165, 1.54) is 0 Å². The molecule has 0 fully saturated rings. The molecular formula is C16H11BrN2O. The zero-order valence-corrected chi connectivity index (χ0v) is 12.1. The van der Waals surface area contributed by atoms with Crippen molar-refractivity contribution >= 4 is 15.9 Å². The number of nitrogens with zero attached hydrogens (tertiary/aromatic N) is 2. The number of hydrogen-bond acceptors (Lipinski definition) is 3. The first-order valence-electron chi connectivity index (χ1n) is 6.14. The number of aromatic nitrogens is 2. The van der Waals surface area contributed by atoms with Crippen LogP contribution < -0.4 is 4.74 Å². The van der Waals surface area contributed by atoms with Gasteiger partial charge in [-0.25, -0.2) is 9.97 Å². The number of halogens is 1. The second-order valence-corrected chi connectivity index (χ2v) is 4.88. The predicted octanol–water partition coefficient (Wildman–Crippen LogP) is 4.70. The van der Waals surface area contributed by atoms with Crippen LogP contribution in [0.5, 0.6) is 11.6 Å². The lowest BCUT2D eigenvalue weighted by atomic mass is 10.2. The summed E-state index contributed by atoms with van der Waals surface area (Å²) >= 11 is 3.42. The molecule has 0 aliphatic carbocycles. The van der Waals surface area contributed by atoms with Gasteiger partial charge in [0.25, 0.3) is 0 Å². The van der Waals surface area contributed by atoms with E-state index < -0.39 is 0 Å². The maximum atomic E-state index is 5.70. The van der Waals surface area contributed by atoms with Crippen LogP contribution in [0.1, 0.15) is 0 Å². The Bertz CT molecular complexity index is 702. The van der Waals surface area contributed by atoms with Gasteiger partial charge in [-0.3, -0.25) is 0 Å². The van der Waals surface area contributed by atoms with Gasteiger partial charge in [-0.05, 0) is 28.1 Å². The summed E-state index contributed by atoms with van der Waals surface area (Å²) in [6, 6.07) is 19.4. The monoisotopic (exact) mass is 326 g/mol. The molecule has 1 aromatic heterocycles. The zero-order valence-electron chi connectivity index (χ0n) is 10.5. The number of rotatable bonds is 3. The second kappa shape index (κ2) is 5.84. The van der Waals surface area contributed by atoms with E-state index in [2.05, 4.69) is 25.9 Å². The van der Waals surface area contributed by atoms with Gasteiger partial charge in [-0.1, -0.05) is 48.5 Å². The van der Waals surface area contributed by atoms with E-state index in [1.807, 2.05) is 60.7 Å². The summed E-state index contributed by atoms with van der Waals surface area (Å²) in [6.45, 7) is 0. The molecule has 3 nitrogen and oxygen atoms in total. The third-order valence-electron chi connectivity index (χ3n) is 2.72. The van der Waals surface area contributed by atoms with Crippen molar-refractivity contribution in [2.75, 3.05) is 0 Å². The lowest BCUT2D eigenvalue weighted by Gasteiger charge is -2.07. The van der Waals surface area contributed by atoms with E-state index in [-0.39, 0.29) is 0 Å². The Labute approximate surface area is 125 Å². The fourth-order valence-electron chi connectivity index (χ4n) is 1.80. The third kappa shape index (κ3) is 2.86. The third-order valence-corrected chi connectivity index (χ3v) is 3.30. The summed E-state index contributed by atoms with van der Waals surface area (Å²) in [4.78, 5) is 8.79. The summed E-state index contributed by atoms with van der Waals surface area (Å²) in [7, 11) is 0. The second-order valence-electron chi connectivity index (χ2n) is 4.13. The fourth-order valence-corrected chi connectivity index (χ4v) is 2.22. The highest BCUT2D eigenvalue weighted by atomic mass is 79.9. The van der Waals surface area contributed by atoms with Gasteiger partial charge >= 0.3 is 0 Å². The first kappa shape index (κ1) is 12.8. The van der Waals surface area contributed by atoms with Crippen molar-refractivity contribution in [3.8, 4) is 22.9 Å². The van der Waals surface area contributed by atoms with Crippen molar-refractivity contribution in [3.05, 3.63) is 71.5 Å². The topological polar surface area (TPSA) is 35.0 Å². The van der Waals surface area contributed by atoms with E-state index >= 15 is 0 Å². The minimum absolute atomic E-state index is 0.471. The van der Waals surface area contributed by atoms with Crippen LogP contribution in [0.3, 0.4) is 0 Å². The van der Waals surface area contributed by atoms with Gasteiger partial charge in [-0.2, -0.15) is 0 Å². The average molecular weight is 327 g/mol. The molecule has 0 radical (unpaired) electrons. The lowest BCUT2D eigenvalue weighted by molar-refractivity contribution is 0.460. The lowest BCUT2D eigenvalue weighted by Crippen LogP contribution is -1.93. The summed E-state index contributed by atoms with van der Waals surface area (Å²) in [5, 5.41) is 0. The van der Waals surface area contributed by atoms with Crippen molar-refractivity contribution in [2.24, 2.45) is 0 Å². The molecule has 0 N–H and O–H groups in total. The molecular weight excluding hydrogens is 316 g/mol. The van der Waals surface area contributed by atoms with E-state index in [4.69, 9.17) is 4.74 Å². The molecule has 0 saturated heterocycles. The number of hydrogen-bond donors (Lipinski definition) is 0. The van der Waals surface area contributed by atoms with Crippen LogP contribution in [0.25, 0.3) is 11.3 Å². The van der Waals surface area contributed by atoms with Crippen molar-refractivity contribution in [2.45, 2.75) is 0 Å². The molecule has 0 atom stereocenters. The van der Waals surface area contributed by atoms with Gasteiger partial charge in [0.05, 0.1) is 6.20 Å². The fraction of sp³-hybridized carbons (Fsp3) is 0. The van der Waals surface area contributed by atoms with Crippen molar-refractivity contribution in [1.82, 2.24) is 9.97 Å². The highest BCUT2D eigenvalue weighted by molar-refractivity contribution is 9.10. The summed E-state index contributed by atoms with van der Waals surface area (Å²) in [5.41, 5.74) is 1.75. The van der Waals surface area contributed by atoms with Gasteiger partial charge in [0.2, 0.25) is 5.88 Å². The highest BCUT2D eigenvalue weighted by Crippen LogP contribution is 2.27. The van der Waals surface area contributed by atoms with Crippen LogP contribution in [-0.2, 0) is 0 Å². The minimum atomic E-state index is 0.471. The van der Waals surface area contributed by atoms with Crippen molar-refractivity contribution in [3.63, 3.8) is 0 Å². The van der Waals surface area contributed by atoms with Gasteiger partial charge in [-0.15, -0.1) is 0 Å². The molecule has 98 valence electrons. The van der Waals surface area contributed by atoms with Gasteiger partial charge in [0.1, 0.15) is 16.0 Å². The first-order valence-corrected chi connectivity index (χ1v) is 6.93. The summed E-state index contributed by atoms with van der Waals surface area (Å²) in [6.07, 6.45) is 1.60. The Balaban J connectivity index is 1.95. The molecule has 0 aliphatic heterocycles. The molecule has 0 amide bonds. The summed E-state index contributed by atoms with van der Waals surface area (Å²) < 4.78 is 6.40. The quantitative estimate of drug-likeness (QED) is 0.699. The SMILES string of the molecule is Brc1ncc(Oc2ccccc2)nc1-c1ccccc1. The molecule has 0 saturated carbocycles. The number of para-hydroxylation sites is 1. The van der Waals surface area contributed by atoms with E-state index in [1.54, 1.807) is 6.20 Å². The zero-order chi connectivity index (χ0) is 13.8. The molecule has 20 heavy (non-hydrogen) atoms. The van der Waals surface area contributed by atoms with Crippen molar-refractivity contribution < 1.29 is 4.74 Å². The largest absolute Gasteiger partial charge is 0.437 e. The minimum Gasteiger partial charge on any atom is -0.437 e. The van der Waals surface area contributed by atoms with Crippen LogP contribution in [-0.4, -0.2) is 9.97 Å².